The zero-order chi connectivity index (χ0) is 14.4. The van der Waals surface area contributed by atoms with Crippen LogP contribution in [0.25, 0.3) is 0 Å². The molecule has 1 amide bonds. The molecule has 1 rings (SSSR count). The summed E-state index contributed by atoms with van der Waals surface area (Å²) in [5, 5.41) is 0. The lowest BCUT2D eigenvalue weighted by Gasteiger charge is -2.30. The van der Waals surface area contributed by atoms with E-state index < -0.39 is 5.91 Å². The number of rotatable bonds is 7. The first-order valence-electron chi connectivity index (χ1n) is 6.93. The second kappa shape index (κ2) is 7.02. The summed E-state index contributed by atoms with van der Waals surface area (Å²) in [6.45, 7) is 7.34. The van der Waals surface area contributed by atoms with Gasteiger partial charge in [-0.05, 0) is 38.5 Å². The molecule has 0 fully saturated rings. The lowest BCUT2D eigenvalue weighted by molar-refractivity contribution is 0.100. The number of nitrogen functional groups attached to an aromatic ring is 1. The molecule has 0 heterocycles. The fraction of sp³-hybridized carbons (Fsp3) is 0.533. The van der Waals surface area contributed by atoms with E-state index in [4.69, 9.17) is 11.5 Å². The maximum absolute atomic E-state index is 11.6. The molecule has 1 aromatic carbocycles. The van der Waals surface area contributed by atoms with Crippen LogP contribution in [0.5, 0.6) is 0 Å². The molecular formula is C15H25N3O. The van der Waals surface area contributed by atoms with Gasteiger partial charge in [-0.3, -0.25) is 4.79 Å². The van der Waals surface area contributed by atoms with Crippen LogP contribution in [-0.4, -0.2) is 18.5 Å². The number of nitrogens with zero attached hydrogens (tertiary/aromatic N) is 1. The third-order valence-corrected chi connectivity index (χ3v) is 3.22. The Hall–Kier alpha value is -1.71. The molecule has 4 nitrogen and oxygen atoms in total. The Kier molecular flexibility index (Phi) is 5.67. The van der Waals surface area contributed by atoms with Gasteiger partial charge in [0.2, 0.25) is 0 Å². The Morgan fingerprint density at radius 2 is 2.00 bits per heavy atom. The molecular weight excluding hydrogens is 238 g/mol. The van der Waals surface area contributed by atoms with E-state index >= 15 is 0 Å². The van der Waals surface area contributed by atoms with Gasteiger partial charge in [-0.25, -0.2) is 0 Å². The number of amides is 1. The van der Waals surface area contributed by atoms with Crippen molar-refractivity contribution < 1.29 is 4.79 Å². The minimum absolute atomic E-state index is 0.318. The Morgan fingerprint density at radius 3 is 2.53 bits per heavy atom. The number of carbonyl (C=O) groups excluding carboxylic acids is 1. The molecule has 1 aromatic rings. The molecule has 0 radical (unpaired) electrons. The lowest BCUT2D eigenvalue weighted by atomic mass is 10.1. The van der Waals surface area contributed by atoms with Gasteiger partial charge in [0, 0.05) is 24.0 Å². The maximum atomic E-state index is 11.6. The maximum Gasteiger partial charge on any atom is 0.250 e. The summed E-state index contributed by atoms with van der Waals surface area (Å²) in [6, 6.07) is 5.68. The number of primary amides is 1. The minimum atomic E-state index is -0.427. The van der Waals surface area contributed by atoms with E-state index in [0.717, 1.165) is 18.7 Å². The molecule has 4 N–H and O–H groups in total. The number of hydrogen-bond donors (Lipinski definition) is 2. The number of anilines is 2. The van der Waals surface area contributed by atoms with Crippen LogP contribution in [0.3, 0.4) is 0 Å². The van der Waals surface area contributed by atoms with E-state index in [1.54, 1.807) is 6.07 Å². The van der Waals surface area contributed by atoms with Gasteiger partial charge in [0.25, 0.3) is 5.91 Å². The molecule has 0 spiro atoms. The fourth-order valence-electron chi connectivity index (χ4n) is 2.19. The van der Waals surface area contributed by atoms with Gasteiger partial charge in [-0.15, -0.1) is 0 Å². The first kappa shape index (κ1) is 15.3. The largest absolute Gasteiger partial charge is 0.399 e. The lowest BCUT2D eigenvalue weighted by Crippen LogP contribution is -2.33. The van der Waals surface area contributed by atoms with E-state index in [0.29, 0.717) is 17.3 Å². The Bertz CT molecular complexity index is 429. The van der Waals surface area contributed by atoms with Crippen LogP contribution >= 0.6 is 0 Å². The molecule has 0 bridgehead atoms. The van der Waals surface area contributed by atoms with Crippen LogP contribution in [0.4, 0.5) is 11.4 Å². The second-order valence-corrected chi connectivity index (χ2v) is 5.14. The van der Waals surface area contributed by atoms with Crippen LogP contribution in [0.1, 0.15) is 50.4 Å². The molecule has 0 aromatic heterocycles. The number of hydrogen-bond acceptors (Lipinski definition) is 3. The molecule has 19 heavy (non-hydrogen) atoms. The Labute approximate surface area is 115 Å². The molecule has 0 aliphatic rings. The first-order chi connectivity index (χ1) is 8.97. The monoisotopic (exact) mass is 263 g/mol. The van der Waals surface area contributed by atoms with Crippen molar-refractivity contribution in [3.8, 4) is 0 Å². The predicted molar refractivity (Wildman–Crippen MR) is 81.4 cm³/mol. The van der Waals surface area contributed by atoms with Gasteiger partial charge >= 0.3 is 0 Å². The van der Waals surface area contributed by atoms with Crippen molar-refractivity contribution >= 4 is 17.3 Å². The number of carbonyl (C=O) groups is 1. The third-order valence-electron chi connectivity index (χ3n) is 3.22. The molecule has 4 heteroatoms. The van der Waals surface area contributed by atoms with Crippen molar-refractivity contribution in [2.45, 2.75) is 46.1 Å². The van der Waals surface area contributed by atoms with Crippen LogP contribution in [0.2, 0.25) is 0 Å². The normalized spacial score (nSPS) is 10.7. The topological polar surface area (TPSA) is 72.3 Å². The summed E-state index contributed by atoms with van der Waals surface area (Å²) < 4.78 is 0. The fourth-order valence-corrected chi connectivity index (χ4v) is 2.19. The number of benzene rings is 1. The molecule has 0 saturated carbocycles. The van der Waals surface area contributed by atoms with Crippen molar-refractivity contribution in [2.24, 2.45) is 5.73 Å². The predicted octanol–water partition coefficient (Wildman–Crippen LogP) is 2.77. The van der Waals surface area contributed by atoms with Crippen LogP contribution < -0.4 is 16.4 Å². The van der Waals surface area contributed by atoms with Gasteiger partial charge in [0.1, 0.15) is 0 Å². The summed E-state index contributed by atoms with van der Waals surface area (Å²) in [7, 11) is 0. The smallest absolute Gasteiger partial charge is 0.250 e. The highest BCUT2D eigenvalue weighted by Gasteiger charge is 2.17. The Morgan fingerprint density at radius 1 is 1.32 bits per heavy atom. The average Bonchev–Trinajstić information content (AvgIpc) is 2.35. The van der Waals surface area contributed by atoms with Crippen molar-refractivity contribution in [1.29, 1.82) is 0 Å². The van der Waals surface area contributed by atoms with E-state index in [-0.39, 0.29) is 0 Å². The third kappa shape index (κ3) is 4.16. The number of nitrogens with two attached hydrogens (primary N) is 2. The van der Waals surface area contributed by atoms with E-state index in [2.05, 4.69) is 25.7 Å². The zero-order valence-electron chi connectivity index (χ0n) is 12.1. The highest BCUT2D eigenvalue weighted by atomic mass is 16.1. The summed E-state index contributed by atoms with van der Waals surface area (Å²) in [6.07, 6.45) is 3.47. The van der Waals surface area contributed by atoms with Gasteiger partial charge in [-0.2, -0.15) is 0 Å². The average molecular weight is 263 g/mol. The summed E-state index contributed by atoms with van der Waals surface area (Å²) in [5.74, 6) is -0.427. The quantitative estimate of drug-likeness (QED) is 0.587. The van der Waals surface area contributed by atoms with Gasteiger partial charge < -0.3 is 16.4 Å². The van der Waals surface area contributed by atoms with Crippen LogP contribution in [0.15, 0.2) is 18.2 Å². The first-order valence-corrected chi connectivity index (χ1v) is 6.93. The summed E-state index contributed by atoms with van der Waals surface area (Å²) in [4.78, 5) is 13.8. The van der Waals surface area contributed by atoms with Crippen molar-refractivity contribution in [3.05, 3.63) is 23.8 Å². The van der Waals surface area contributed by atoms with Gasteiger partial charge in [0.15, 0.2) is 0 Å². The summed E-state index contributed by atoms with van der Waals surface area (Å²) in [5.41, 5.74) is 13.1. The molecule has 0 saturated heterocycles. The van der Waals surface area contributed by atoms with E-state index in [1.807, 2.05) is 12.1 Å². The van der Waals surface area contributed by atoms with Gasteiger partial charge in [-0.1, -0.05) is 19.8 Å². The van der Waals surface area contributed by atoms with Crippen molar-refractivity contribution in [2.75, 3.05) is 17.2 Å². The number of unbranched alkanes of at least 4 members (excludes halogenated alkanes) is 2. The van der Waals surface area contributed by atoms with Gasteiger partial charge in [0.05, 0.1) is 5.56 Å². The highest BCUT2D eigenvalue weighted by Crippen LogP contribution is 2.25. The standard InChI is InChI=1S/C15H25N3O/c1-4-5-6-9-18(11(2)3)14-8-7-12(16)10-13(14)15(17)19/h7-8,10-11H,4-6,9,16H2,1-3H3,(H2,17,19). The molecule has 0 aliphatic carbocycles. The molecule has 106 valence electrons. The van der Waals surface area contributed by atoms with E-state index in [1.165, 1.54) is 12.8 Å². The summed E-state index contributed by atoms with van der Waals surface area (Å²) >= 11 is 0. The van der Waals surface area contributed by atoms with Crippen molar-refractivity contribution in [3.63, 3.8) is 0 Å². The Balaban J connectivity index is 3.04. The molecule has 0 aliphatic heterocycles. The van der Waals surface area contributed by atoms with Crippen LogP contribution in [0, 0.1) is 0 Å². The van der Waals surface area contributed by atoms with Crippen LogP contribution in [-0.2, 0) is 0 Å². The second-order valence-electron chi connectivity index (χ2n) is 5.14. The molecule has 0 unspecified atom stereocenters. The minimum Gasteiger partial charge on any atom is -0.399 e. The zero-order valence-corrected chi connectivity index (χ0v) is 12.1. The van der Waals surface area contributed by atoms with Crippen molar-refractivity contribution in [1.82, 2.24) is 0 Å². The van der Waals surface area contributed by atoms with E-state index in [9.17, 15) is 4.79 Å². The SMILES string of the molecule is CCCCCN(c1ccc(N)cc1C(N)=O)C(C)C. The highest BCUT2D eigenvalue weighted by molar-refractivity contribution is 5.99. The molecule has 0 atom stereocenters.